The fraction of sp³-hybridized carbons (Fsp3) is 0.647. The van der Waals surface area contributed by atoms with Crippen LogP contribution < -0.4 is 5.32 Å². The van der Waals surface area contributed by atoms with E-state index in [1.807, 2.05) is 0 Å². The van der Waals surface area contributed by atoms with Crippen LogP contribution in [0.4, 0.5) is 8.78 Å². The molecule has 6 heteroatoms. The lowest BCUT2D eigenvalue weighted by Gasteiger charge is -2.37. The highest BCUT2D eigenvalue weighted by Gasteiger charge is 2.27. The molecule has 0 amide bonds. The third kappa shape index (κ3) is 5.56. The zero-order chi connectivity index (χ0) is 14.7. The highest BCUT2D eigenvalue weighted by Crippen LogP contribution is 2.31. The standard InChI is InChI=1S/C17H24F2N2.2ClH/c18-16-2-1-13(11-17(16)19)12-21-9-5-15(6-10-21)14-3-7-20-8-4-14;;/h1-2,11,14-15,20H,3-10,12H2;2*1H. The van der Waals surface area contributed by atoms with Crippen LogP contribution in [0.3, 0.4) is 0 Å². The van der Waals surface area contributed by atoms with Crippen molar-refractivity contribution in [2.75, 3.05) is 26.2 Å². The predicted octanol–water partition coefficient (Wildman–Crippen LogP) is 4.02. The number of likely N-dealkylation sites (tertiary alicyclic amines) is 1. The van der Waals surface area contributed by atoms with Crippen molar-refractivity contribution in [3.63, 3.8) is 0 Å². The molecular formula is C17H26Cl2F2N2. The Hall–Kier alpha value is -0.420. The van der Waals surface area contributed by atoms with Gasteiger partial charge in [-0.3, -0.25) is 4.90 Å². The molecule has 23 heavy (non-hydrogen) atoms. The average molecular weight is 367 g/mol. The Morgan fingerprint density at radius 3 is 2.13 bits per heavy atom. The molecule has 2 nitrogen and oxygen atoms in total. The lowest BCUT2D eigenvalue weighted by Crippen LogP contribution is -2.39. The van der Waals surface area contributed by atoms with E-state index in [4.69, 9.17) is 0 Å². The molecule has 2 fully saturated rings. The number of nitrogens with zero attached hydrogens (tertiary/aromatic N) is 1. The SMILES string of the molecule is Cl.Cl.Fc1ccc(CN2CCC(C3CCNCC3)CC2)cc1F. The van der Waals surface area contributed by atoms with Crippen LogP contribution in [0, 0.1) is 23.5 Å². The van der Waals surface area contributed by atoms with Crippen molar-refractivity contribution in [2.45, 2.75) is 32.2 Å². The van der Waals surface area contributed by atoms with E-state index < -0.39 is 11.6 Å². The summed E-state index contributed by atoms with van der Waals surface area (Å²) in [5.74, 6) is 0.241. The molecule has 0 aromatic heterocycles. The summed E-state index contributed by atoms with van der Waals surface area (Å²) in [7, 11) is 0. The molecule has 0 saturated carbocycles. The Bertz CT molecular complexity index is 474. The van der Waals surface area contributed by atoms with E-state index in [2.05, 4.69) is 10.2 Å². The van der Waals surface area contributed by atoms with Crippen LogP contribution in [-0.2, 0) is 6.54 Å². The van der Waals surface area contributed by atoms with Gasteiger partial charge >= 0.3 is 0 Å². The van der Waals surface area contributed by atoms with Crippen LogP contribution in [0.5, 0.6) is 0 Å². The Morgan fingerprint density at radius 1 is 0.913 bits per heavy atom. The van der Waals surface area contributed by atoms with Crippen molar-refractivity contribution < 1.29 is 8.78 Å². The van der Waals surface area contributed by atoms with Gasteiger partial charge in [-0.1, -0.05) is 6.07 Å². The molecule has 0 aliphatic carbocycles. The summed E-state index contributed by atoms with van der Waals surface area (Å²) in [5.41, 5.74) is 0.870. The van der Waals surface area contributed by atoms with E-state index in [-0.39, 0.29) is 24.8 Å². The topological polar surface area (TPSA) is 15.3 Å². The predicted molar refractivity (Wildman–Crippen MR) is 94.4 cm³/mol. The summed E-state index contributed by atoms with van der Waals surface area (Å²) in [6.07, 6.45) is 5.12. The van der Waals surface area contributed by atoms with E-state index in [0.29, 0.717) is 0 Å². The molecule has 3 rings (SSSR count). The van der Waals surface area contributed by atoms with E-state index >= 15 is 0 Å². The first-order valence-electron chi connectivity index (χ1n) is 8.09. The second kappa shape index (κ2) is 9.77. The van der Waals surface area contributed by atoms with Crippen LogP contribution in [0.25, 0.3) is 0 Å². The number of halogens is 4. The smallest absolute Gasteiger partial charge is 0.159 e. The summed E-state index contributed by atoms with van der Waals surface area (Å²) in [4.78, 5) is 2.37. The van der Waals surface area contributed by atoms with E-state index in [1.165, 1.54) is 50.9 Å². The quantitative estimate of drug-likeness (QED) is 0.868. The van der Waals surface area contributed by atoms with Crippen LogP contribution in [0.1, 0.15) is 31.2 Å². The van der Waals surface area contributed by atoms with Crippen molar-refractivity contribution in [1.82, 2.24) is 10.2 Å². The molecular weight excluding hydrogens is 341 g/mol. The minimum absolute atomic E-state index is 0. The van der Waals surface area contributed by atoms with Crippen molar-refractivity contribution in [3.05, 3.63) is 35.4 Å². The highest BCUT2D eigenvalue weighted by atomic mass is 35.5. The Labute approximate surface area is 149 Å². The van der Waals surface area contributed by atoms with E-state index in [0.717, 1.165) is 37.0 Å². The van der Waals surface area contributed by atoms with Crippen LogP contribution >= 0.6 is 24.8 Å². The highest BCUT2D eigenvalue weighted by molar-refractivity contribution is 5.85. The summed E-state index contributed by atoms with van der Waals surface area (Å²) in [6.45, 7) is 5.22. The lowest BCUT2D eigenvalue weighted by molar-refractivity contribution is 0.126. The summed E-state index contributed by atoms with van der Waals surface area (Å²) in [5, 5.41) is 3.43. The maximum Gasteiger partial charge on any atom is 0.159 e. The first-order chi connectivity index (χ1) is 10.2. The summed E-state index contributed by atoms with van der Waals surface area (Å²) < 4.78 is 26.2. The maximum absolute atomic E-state index is 13.2. The van der Waals surface area contributed by atoms with Gasteiger partial charge in [-0.2, -0.15) is 0 Å². The summed E-state index contributed by atoms with van der Waals surface area (Å²) >= 11 is 0. The molecule has 2 aliphatic rings. The van der Waals surface area contributed by atoms with Gasteiger partial charge in [0, 0.05) is 6.54 Å². The van der Waals surface area contributed by atoms with Gasteiger partial charge in [0.2, 0.25) is 0 Å². The monoisotopic (exact) mass is 366 g/mol. The Balaban J connectivity index is 0.00000132. The number of piperidine rings is 2. The van der Waals surface area contributed by atoms with Gasteiger partial charge in [-0.15, -0.1) is 24.8 Å². The van der Waals surface area contributed by atoms with Crippen molar-refractivity contribution in [2.24, 2.45) is 11.8 Å². The van der Waals surface area contributed by atoms with Gasteiger partial charge in [0.25, 0.3) is 0 Å². The maximum atomic E-state index is 13.2. The van der Waals surface area contributed by atoms with Gasteiger partial charge in [0.15, 0.2) is 11.6 Å². The van der Waals surface area contributed by atoms with Crippen LogP contribution in [-0.4, -0.2) is 31.1 Å². The van der Waals surface area contributed by atoms with Gasteiger partial charge < -0.3 is 5.32 Å². The second-order valence-electron chi connectivity index (χ2n) is 6.45. The minimum atomic E-state index is -0.761. The fourth-order valence-corrected chi connectivity index (χ4v) is 3.79. The Kier molecular flexibility index (Phi) is 8.76. The molecule has 2 heterocycles. The van der Waals surface area contributed by atoms with Crippen molar-refractivity contribution >= 4 is 24.8 Å². The zero-order valence-corrected chi connectivity index (χ0v) is 14.9. The Morgan fingerprint density at radius 2 is 1.52 bits per heavy atom. The molecule has 132 valence electrons. The first kappa shape index (κ1) is 20.6. The minimum Gasteiger partial charge on any atom is -0.317 e. The molecule has 0 spiro atoms. The molecule has 0 atom stereocenters. The average Bonchev–Trinajstić information content (AvgIpc) is 2.53. The molecule has 2 saturated heterocycles. The van der Waals surface area contributed by atoms with Crippen LogP contribution in [0.15, 0.2) is 18.2 Å². The number of nitrogens with one attached hydrogen (secondary N) is 1. The lowest BCUT2D eigenvalue weighted by atomic mass is 9.79. The van der Waals surface area contributed by atoms with E-state index in [9.17, 15) is 8.78 Å². The van der Waals surface area contributed by atoms with Gasteiger partial charge in [-0.05, 0) is 81.4 Å². The third-order valence-corrected chi connectivity index (χ3v) is 5.07. The molecule has 1 N–H and O–H groups in total. The number of rotatable bonds is 3. The molecule has 0 bridgehead atoms. The molecule has 0 unspecified atom stereocenters. The third-order valence-electron chi connectivity index (χ3n) is 5.07. The van der Waals surface area contributed by atoms with Crippen molar-refractivity contribution in [3.8, 4) is 0 Å². The van der Waals surface area contributed by atoms with Gasteiger partial charge in [0.1, 0.15) is 0 Å². The summed E-state index contributed by atoms with van der Waals surface area (Å²) in [6, 6.07) is 4.25. The zero-order valence-electron chi connectivity index (χ0n) is 13.3. The van der Waals surface area contributed by atoms with Crippen LogP contribution in [0.2, 0.25) is 0 Å². The molecule has 0 radical (unpaired) electrons. The second-order valence-corrected chi connectivity index (χ2v) is 6.45. The fourth-order valence-electron chi connectivity index (χ4n) is 3.79. The number of hydrogen-bond donors (Lipinski definition) is 1. The number of benzene rings is 1. The van der Waals surface area contributed by atoms with Crippen molar-refractivity contribution in [1.29, 1.82) is 0 Å². The largest absolute Gasteiger partial charge is 0.317 e. The number of hydrogen-bond acceptors (Lipinski definition) is 2. The molecule has 1 aromatic rings. The van der Waals surface area contributed by atoms with Gasteiger partial charge in [-0.25, -0.2) is 8.78 Å². The molecule has 2 aliphatic heterocycles. The normalized spacial score (nSPS) is 20.6. The molecule has 1 aromatic carbocycles. The first-order valence-corrected chi connectivity index (χ1v) is 8.09. The van der Waals surface area contributed by atoms with Gasteiger partial charge in [0.05, 0.1) is 0 Å². The van der Waals surface area contributed by atoms with E-state index in [1.54, 1.807) is 6.07 Å².